The van der Waals surface area contributed by atoms with Gasteiger partial charge >= 0.3 is 5.95 Å². The number of anilines is 1. The molecule has 0 bridgehead atoms. The quantitative estimate of drug-likeness (QED) is 0.584. The molecule has 0 aliphatic heterocycles. The van der Waals surface area contributed by atoms with Crippen molar-refractivity contribution in [2.45, 2.75) is 6.54 Å². The third kappa shape index (κ3) is 1.95. The summed E-state index contributed by atoms with van der Waals surface area (Å²) < 4.78 is 1.34. The Balaban J connectivity index is 2.21. The number of nitro groups is 1. The standard InChI is InChI=1S/C8H8N6O2/c9-7-6(2-1-3-10-7)4-13-5-11-8(12-13)14(15)16/h1-3,5H,4H2,(H2,9,10). The number of aromatic nitrogens is 4. The summed E-state index contributed by atoms with van der Waals surface area (Å²) in [5.41, 5.74) is 6.37. The third-order valence-corrected chi connectivity index (χ3v) is 1.95. The number of hydrogen-bond acceptors (Lipinski definition) is 6. The van der Waals surface area contributed by atoms with Crippen LogP contribution in [0.25, 0.3) is 0 Å². The molecule has 2 N–H and O–H groups in total. The lowest BCUT2D eigenvalue weighted by Gasteiger charge is -2.00. The van der Waals surface area contributed by atoms with Crippen LogP contribution in [0.2, 0.25) is 0 Å². The van der Waals surface area contributed by atoms with E-state index in [9.17, 15) is 10.1 Å². The van der Waals surface area contributed by atoms with Gasteiger partial charge in [-0.1, -0.05) is 11.1 Å². The summed E-state index contributed by atoms with van der Waals surface area (Å²) in [7, 11) is 0. The Kier molecular flexibility index (Phi) is 2.46. The second kappa shape index (κ2) is 3.93. The Morgan fingerprint density at radius 2 is 2.31 bits per heavy atom. The zero-order valence-electron chi connectivity index (χ0n) is 8.15. The molecule has 8 heteroatoms. The number of nitrogens with zero attached hydrogens (tertiary/aromatic N) is 5. The fraction of sp³-hybridized carbons (Fsp3) is 0.125. The van der Waals surface area contributed by atoms with Crippen LogP contribution in [0.1, 0.15) is 5.56 Å². The molecule has 8 nitrogen and oxygen atoms in total. The highest BCUT2D eigenvalue weighted by Gasteiger charge is 2.13. The normalized spacial score (nSPS) is 10.2. The maximum atomic E-state index is 10.4. The van der Waals surface area contributed by atoms with Gasteiger partial charge < -0.3 is 15.8 Å². The van der Waals surface area contributed by atoms with Gasteiger partial charge in [0.15, 0.2) is 0 Å². The predicted molar refractivity (Wildman–Crippen MR) is 54.4 cm³/mol. The topological polar surface area (TPSA) is 113 Å². The van der Waals surface area contributed by atoms with Crippen molar-refractivity contribution in [3.8, 4) is 0 Å². The van der Waals surface area contributed by atoms with E-state index in [1.165, 1.54) is 11.0 Å². The Labute approximate surface area is 89.9 Å². The van der Waals surface area contributed by atoms with E-state index in [2.05, 4.69) is 15.1 Å². The first-order valence-corrected chi connectivity index (χ1v) is 4.40. The van der Waals surface area contributed by atoms with Crippen LogP contribution in [0.5, 0.6) is 0 Å². The number of rotatable bonds is 3. The van der Waals surface area contributed by atoms with Crippen molar-refractivity contribution in [3.05, 3.63) is 40.3 Å². The van der Waals surface area contributed by atoms with Crippen LogP contribution in [0.15, 0.2) is 24.7 Å². The smallest absolute Gasteiger partial charge is 0.390 e. The van der Waals surface area contributed by atoms with Gasteiger partial charge in [-0.3, -0.25) is 0 Å². The van der Waals surface area contributed by atoms with Gasteiger partial charge in [-0.25, -0.2) is 4.98 Å². The van der Waals surface area contributed by atoms with Gasteiger partial charge in [0.25, 0.3) is 0 Å². The highest BCUT2D eigenvalue weighted by Crippen LogP contribution is 2.09. The molecule has 2 heterocycles. The molecule has 0 spiro atoms. The third-order valence-electron chi connectivity index (χ3n) is 1.95. The van der Waals surface area contributed by atoms with Crippen LogP contribution in [0.4, 0.5) is 11.8 Å². The number of nitrogen functional groups attached to an aromatic ring is 1. The van der Waals surface area contributed by atoms with Gasteiger partial charge in [0.05, 0.1) is 6.54 Å². The van der Waals surface area contributed by atoms with Gasteiger partial charge in [0.2, 0.25) is 6.33 Å². The second-order valence-corrected chi connectivity index (χ2v) is 3.05. The molecule has 0 radical (unpaired) electrons. The number of pyridine rings is 1. The molecule has 2 aromatic rings. The summed E-state index contributed by atoms with van der Waals surface area (Å²) in [5, 5.41) is 14.0. The minimum atomic E-state index is -0.650. The Hall–Kier alpha value is -2.51. The van der Waals surface area contributed by atoms with Gasteiger partial charge in [-0.2, -0.15) is 4.68 Å². The highest BCUT2D eigenvalue weighted by atomic mass is 16.6. The summed E-state index contributed by atoms with van der Waals surface area (Å²) >= 11 is 0. The van der Waals surface area contributed by atoms with Crippen LogP contribution in [0, 0.1) is 10.1 Å². The Morgan fingerprint density at radius 3 is 2.94 bits per heavy atom. The van der Waals surface area contributed by atoms with E-state index in [0.29, 0.717) is 12.4 Å². The fourth-order valence-electron chi connectivity index (χ4n) is 1.20. The summed E-state index contributed by atoms with van der Waals surface area (Å²) in [6, 6.07) is 3.51. The lowest BCUT2D eigenvalue weighted by atomic mass is 10.2. The zero-order chi connectivity index (χ0) is 11.5. The molecule has 0 aliphatic rings. The van der Waals surface area contributed by atoms with E-state index in [-0.39, 0.29) is 0 Å². The molecule has 0 amide bonds. The van der Waals surface area contributed by atoms with Crippen LogP contribution < -0.4 is 5.73 Å². The molecule has 0 aliphatic carbocycles. The van der Waals surface area contributed by atoms with E-state index in [4.69, 9.17) is 5.73 Å². The summed E-state index contributed by atoms with van der Waals surface area (Å²) in [6.45, 7) is 0.306. The van der Waals surface area contributed by atoms with Crippen molar-refractivity contribution in [2.24, 2.45) is 0 Å². The molecule has 2 rings (SSSR count). The fourth-order valence-corrected chi connectivity index (χ4v) is 1.20. The van der Waals surface area contributed by atoms with E-state index >= 15 is 0 Å². The maximum Gasteiger partial charge on any atom is 0.490 e. The van der Waals surface area contributed by atoms with Crippen LogP contribution in [0.3, 0.4) is 0 Å². The average Bonchev–Trinajstić information content (AvgIpc) is 2.70. The summed E-state index contributed by atoms with van der Waals surface area (Å²) in [5.74, 6) is -0.0527. The molecule has 0 saturated heterocycles. The second-order valence-electron chi connectivity index (χ2n) is 3.05. The molecular formula is C8H8N6O2. The van der Waals surface area contributed by atoms with Gasteiger partial charge in [-0.15, -0.1) is 0 Å². The lowest BCUT2D eigenvalue weighted by molar-refractivity contribution is -0.394. The molecule has 0 atom stereocenters. The van der Waals surface area contributed by atoms with Crippen molar-refractivity contribution in [2.75, 3.05) is 5.73 Å². The van der Waals surface area contributed by atoms with E-state index in [0.717, 1.165) is 5.56 Å². The molecule has 0 aromatic carbocycles. The highest BCUT2D eigenvalue weighted by molar-refractivity contribution is 5.38. The monoisotopic (exact) mass is 220 g/mol. The minimum absolute atomic E-state index is 0.306. The first-order valence-electron chi connectivity index (χ1n) is 4.40. The summed E-state index contributed by atoms with van der Waals surface area (Å²) in [6.07, 6.45) is 2.85. The largest absolute Gasteiger partial charge is 0.490 e. The molecule has 16 heavy (non-hydrogen) atoms. The van der Waals surface area contributed by atoms with Crippen molar-refractivity contribution < 1.29 is 4.92 Å². The minimum Gasteiger partial charge on any atom is -0.390 e. The first kappa shape index (κ1) is 10.0. The van der Waals surface area contributed by atoms with Gasteiger partial charge in [0.1, 0.15) is 5.82 Å². The first-order chi connectivity index (χ1) is 7.66. The predicted octanol–water partition coefficient (Wildman–Crippen LogP) is 0.212. The average molecular weight is 220 g/mol. The maximum absolute atomic E-state index is 10.4. The Bertz CT molecular complexity index is 523. The Morgan fingerprint density at radius 1 is 1.50 bits per heavy atom. The molecule has 82 valence electrons. The van der Waals surface area contributed by atoms with Gasteiger partial charge in [-0.05, 0) is 11.0 Å². The lowest BCUT2D eigenvalue weighted by Crippen LogP contribution is -2.05. The van der Waals surface area contributed by atoms with Crippen molar-refractivity contribution in [1.82, 2.24) is 19.7 Å². The van der Waals surface area contributed by atoms with E-state index in [1.807, 2.05) is 0 Å². The molecule has 0 unspecified atom stereocenters. The van der Waals surface area contributed by atoms with Crippen LogP contribution in [-0.2, 0) is 6.54 Å². The summed E-state index contributed by atoms with van der Waals surface area (Å²) in [4.78, 5) is 17.1. The molecule has 0 saturated carbocycles. The van der Waals surface area contributed by atoms with Crippen LogP contribution >= 0.6 is 0 Å². The molecule has 2 aromatic heterocycles. The SMILES string of the molecule is Nc1ncccc1Cn1cnc([N+](=O)[O-])n1. The van der Waals surface area contributed by atoms with E-state index in [1.54, 1.807) is 18.3 Å². The van der Waals surface area contributed by atoms with Crippen molar-refractivity contribution >= 4 is 11.8 Å². The van der Waals surface area contributed by atoms with Crippen molar-refractivity contribution in [3.63, 3.8) is 0 Å². The van der Waals surface area contributed by atoms with Crippen LogP contribution in [-0.4, -0.2) is 24.7 Å². The zero-order valence-corrected chi connectivity index (χ0v) is 8.15. The molecular weight excluding hydrogens is 212 g/mol. The molecule has 0 fully saturated rings. The number of nitrogens with two attached hydrogens (primary N) is 1. The van der Waals surface area contributed by atoms with Gasteiger partial charge in [0, 0.05) is 16.9 Å². The van der Waals surface area contributed by atoms with E-state index < -0.39 is 10.9 Å². The number of hydrogen-bond donors (Lipinski definition) is 1. The van der Waals surface area contributed by atoms with Crippen molar-refractivity contribution in [1.29, 1.82) is 0 Å².